The molecular formula is C35H37FN4O6. The lowest BCUT2D eigenvalue weighted by Gasteiger charge is -2.26. The second-order valence-electron chi connectivity index (χ2n) is 11.8. The summed E-state index contributed by atoms with van der Waals surface area (Å²) in [4.78, 5) is 42.0. The van der Waals surface area contributed by atoms with Gasteiger partial charge in [0.1, 0.15) is 23.4 Å². The molecule has 240 valence electrons. The first kappa shape index (κ1) is 31.5. The highest BCUT2D eigenvalue weighted by atomic mass is 19.1. The Hall–Kier alpha value is -4.48. The molecule has 2 fully saturated rings. The first-order valence-corrected chi connectivity index (χ1v) is 15.6. The van der Waals surface area contributed by atoms with Crippen molar-refractivity contribution >= 4 is 22.6 Å². The van der Waals surface area contributed by atoms with E-state index in [0.717, 1.165) is 50.4 Å². The van der Waals surface area contributed by atoms with Gasteiger partial charge >= 0.3 is 0 Å². The minimum Gasteiger partial charge on any atom is -0.488 e. The molecule has 0 N–H and O–H groups in total. The van der Waals surface area contributed by atoms with Crippen LogP contribution in [0, 0.1) is 18.2 Å². The van der Waals surface area contributed by atoms with E-state index in [4.69, 9.17) is 18.9 Å². The van der Waals surface area contributed by atoms with E-state index >= 15 is 0 Å². The quantitative estimate of drug-likeness (QED) is 0.138. The fourth-order valence-corrected chi connectivity index (χ4v) is 5.74. The second-order valence-corrected chi connectivity index (χ2v) is 11.8. The van der Waals surface area contributed by atoms with Crippen LogP contribution in [0.1, 0.15) is 36.0 Å². The van der Waals surface area contributed by atoms with Gasteiger partial charge in [-0.3, -0.25) is 14.5 Å². The van der Waals surface area contributed by atoms with Crippen molar-refractivity contribution in [3.8, 4) is 23.3 Å². The van der Waals surface area contributed by atoms with Crippen molar-refractivity contribution in [3.05, 3.63) is 77.4 Å². The van der Waals surface area contributed by atoms with Crippen molar-refractivity contribution < 1.29 is 32.9 Å². The van der Waals surface area contributed by atoms with E-state index < -0.39 is 5.41 Å². The minimum atomic E-state index is -0.951. The summed E-state index contributed by atoms with van der Waals surface area (Å²) in [5, 5.41) is 0. The highest BCUT2D eigenvalue weighted by Gasteiger charge is 2.54. The van der Waals surface area contributed by atoms with Gasteiger partial charge in [0.2, 0.25) is 5.88 Å². The lowest BCUT2D eigenvalue weighted by Crippen LogP contribution is -2.37. The molecule has 0 radical (unpaired) electrons. The first-order chi connectivity index (χ1) is 22.3. The Kier molecular flexibility index (Phi) is 9.51. The number of hydrogen-bond acceptors (Lipinski definition) is 10. The van der Waals surface area contributed by atoms with Crippen LogP contribution in [-0.2, 0) is 27.2 Å². The van der Waals surface area contributed by atoms with Crippen LogP contribution in [0.15, 0.2) is 54.9 Å². The molecule has 0 bridgehead atoms. The average Bonchev–Trinajstić information content (AvgIpc) is 3.88. The molecule has 11 heteroatoms. The summed E-state index contributed by atoms with van der Waals surface area (Å²) < 4.78 is 36.4. The van der Waals surface area contributed by atoms with Crippen molar-refractivity contribution in [2.24, 2.45) is 5.41 Å². The number of ether oxygens (including phenoxy) is 4. The van der Waals surface area contributed by atoms with Crippen molar-refractivity contribution in [2.45, 2.75) is 39.0 Å². The van der Waals surface area contributed by atoms with Gasteiger partial charge in [-0.05, 0) is 61.1 Å². The van der Waals surface area contributed by atoms with E-state index in [1.807, 2.05) is 19.1 Å². The number of aryl methyl sites for hydroxylation is 1. The number of aromatic nitrogens is 3. The van der Waals surface area contributed by atoms with Gasteiger partial charge in [0.15, 0.2) is 22.8 Å². The van der Waals surface area contributed by atoms with Gasteiger partial charge in [0, 0.05) is 38.5 Å². The van der Waals surface area contributed by atoms with Crippen LogP contribution in [0.25, 0.3) is 11.0 Å². The van der Waals surface area contributed by atoms with E-state index in [0.29, 0.717) is 53.4 Å². The molecule has 10 nitrogen and oxygen atoms in total. The number of fused-ring (bicyclic) bond motifs is 1. The fraction of sp³-hybridized carbons (Fsp3) is 0.400. The Morgan fingerprint density at radius 1 is 0.935 bits per heavy atom. The van der Waals surface area contributed by atoms with Crippen LogP contribution >= 0.6 is 0 Å². The van der Waals surface area contributed by atoms with Gasteiger partial charge in [0.05, 0.1) is 32.3 Å². The Bertz CT molecular complexity index is 1720. The molecule has 0 spiro atoms. The average molecular weight is 629 g/mol. The van der Waals surface area contributed by atoms with E-state index in [1.165, 1.54) is 25.6 Å². The molecular weight excluding hydrogens is 591 g/mol. The molecule has 0 atom stereocenters. The summed E-state index contributed by atoms with van der Waals surface area (Å²) in [6.45, 7) is 6.71. The smallest absolute Gasteiger partial charge is 0.257 e. The number of carbonyl (C=O) groups excluding carboxylic acids is 2. The molecule has 1 aliphatic heterocycles. The minimum absolute atomic E-state index is 0.0927. The monoisotopic (exact) mass is 628 g/mol. The second kappa shape index (κ2) is 13.9. The number of methoxy groups -OCH3 is 1. The molecule has 0 amide bonds. The third kappa shape index (κ3) is 7.16. The largest absolute Gasteiger partial charge is 0.488 e. The van der Waals surface area contributed by atoms with Gasteiger partial charge in [-0.15, -0.1) is 0 Å². The van der Waals surface area contributed by atoms with Crippen molar-refractivity contribution in [1.29, 1.82) is 0 Å². The summed E-state index contributed by atoms with van der Waals surface area (Å²) in [5.41, 5.74) is 2.32. The molecule has 1 saturated carbocycles. The number of benzene rings is 2. The van der Waals surface area contributed by atoms with Crippen molar-refractivity contribution in [3.63, 3.8) is 0 Å². The number of Topliss-reactive ketones (excluding diaryl/α,β-unsaturated/α-hetero) is 2. The van der Waals surface area contributed by atoms with E-state index in [9.17, 15) is 14.0 Å². The number of hydrogen-bond donors (Lipinski definition) is 0. The number of pyridine rings is 1. The van der Waals surface area contributed by atoms with Crippen LogP contribution in [-0.4, -0.2) is 78.0 Å². The zero-order valence-electron chi connectivity index (χ0n) is 26.1. The molecule has 2 aromatic heterocycles. The third-order valence-electron chi connectivity index (χ3n) is 8.59. The van der Waals surface area contributed by atoms with Crippen LogP contribution in [0.3, 0.4) is 0 Å². The first-order valence-electron chi connectivity index (χ1n) is 15.6. The molecule has 6 rings (SSSR count). The maximum atomic E-state index is 13.3. The molecule has 1 saturated heterocycles. The highest BCUT2D eigenvalue weighted by Crippen LogP contribution is 2.49. The van der Waals surface area contributed by atoms with Crippen molar-refractivity contribution in [1.82, 2.24) is 19.9 Å². The summed E-state index contributed by atoms with van der Waals surface area (Å²) in [6, 6.07) is 13.1. The number of nitrogens with zero attached hydrogens (tertiary/aromatic N) is 4. The summed E-state index contributed by atoms with van der Waals surface area (Å²) in [6.07, 6.45) is 3.61. The predicted molar refractivity (Wildman–Crippen MR) is 168 cm³/mol. The van der Waals surface area contributed by atoms with Gasteiger partial charge in [0.25, 0.3) is 5.88 Å². The third-order valence-corrected chi connectivity index (χ3v) is 8.59. The highest BCUT2D eigenvalue weighted by molar-refractivity contribution is 6.11. The molecule has 4 aromatic rings. The lowest BCUT2D eigenvalue weighted by molar-refractivity contribution is -0.133. The molecule has 1 aliphatic carbocycles. The Morgan fingerprint density at radius 2 is 1.65 bits per heavy atom. The zero-order valence-corrected chi connectivity index (χ0v) is 26.1. The number of morpholine rings is 1. The van der Waals surface area contributed by atoms with Gasteiger partial charge in [-0.1, -0.05) is 24.3 Å². The maximum absolute atomic E-state index is 13.3. The Balaban J connectivity index is 1.10. The molecule has 2 aliphatic rings. The standard InChI is InChI=1S/C35H37FN4O6/c1-23-18-25(20-31(42)35(10-11-35)30(41)19-24-4-7-26(36)8-5-24)6-9-28(23)46-34-32-27(37-22-38-34)21-29(33(39-32)43-2)45-15-3-12-40-13-16-44-17-14-40/h4-9,18,21-22H,3,10-17,19-20H2,1-2H3. The summed E-state index contributed by atoms with van der Waals surface area (Å²) in [5.74, 6) is 1.06. The Labute approximate surface area is 266 Å². The number of halogens is 1. The SMILES string of the molecule is COc1nc2c(Oc3ccc(CC(=O)C4(C(=O)Cc5ccc(F)cc5)CC4)cc3C)ncnc2cc1OCCCN1CCOCC1. The predicted octanol–water partition coefficient (Wildman–Crippen LogP) is 5.08. The summed E-state index contributed by atoms with van der Waals surface area (Å²) >= 11 is 0. The van der Waals surface area contributed by atoms with E-state index in [2.05, 4.69) is 19.9 Å². The topological polar surface area (TPSA) is 113 Å². The van der Waals surface area contributed by atoms with Crippen LogP contribution in [0.5, 0.6) is 23.3 Å². The number of ketones is 2. The summed E-state index contributed by atoms with van der Waals surface area (Å²) in [7, 11) is 1.53. The lowest BCUT2D eigenvalue weighted by atomic mass is 9.87. The number of rotatable bonds is 14. The Morgan fingerprint density at radius 3 is 2.35 bits per heavy atom. The molecule has 2 aromatic carbocycles. The molecule has 46 heavy (non-hydrogen) atoms. The van der Waals surface area contributed by atoms with Crippen LogP contribution in [0.4, 0.5) is 4.39 Å². The maximum Gasteiger partial charge on any atom is 0.257 e. The van der Waals surface area contributed by atoms with E-state index in [1.54, 1.807) is 24.3 Å². The van der Waals surface area contributed by atoms with E-state index in [-0.39, 0.29) is 36.1 Å². The molecule has 3 heterocycles. The van der Waals surface area contributed by atoms with Gasteiger partial charge < -0.3 is 18.9 Å². The van der Waals surface area contributed by atoms with Crippen LogP contribution < -0.4 is 14.2 Å². The van der Waals surface area contributed by atoms with Crippen LogP contribution in [0.2, 0.25) is 0 Å². The zero-order chi connectivity index (χ0) is 32.1. The van der Waals surface area contributed by atoms with Crippen molar-refractivity contribution in [2.75, 3.05) is 46.6 Å². The van der Waals surface area contributed by atoms with Gasteiger partial charge in [-0.25, -0.2) is 14.4 Å². The molecule has 0 unspecified atom stereocenters. The normalized spacial score (nSPS) is 15.8. The number of carbonyl (C=O) groups is 2. The van der Waals surface area contributed by atoms with Gasteiger partial charge in [-0.2, -0.15) is 4.98 Å². The fourth-order valence-electron chi connectivity index (χ4n) is 5.74.